The minimum Gasteiger partial charge on any atom is -0.335 e. The van der Waals surface area contributed by atoms with Gasteiger partial charge in [-0.05, 0) is 24.3 Å². The molecule has 94 valence electrons. The van der Waals surface area contributed by atoms with Crippen LogP contribution < -0.4 is 0 Å². The average Bonchev–Trinajstić information content (AvgIpc) is 2.73. The summed E-state index contributed by atoms with van der Waals surface area (Å²) in [4.78, 5) is 18.7. The third kappa shape index (κ3) is 3.22. The van der Waals surface area contributed by atoms with Crippen molar-refractivity contribution in [2.45, 2.75) is 6.54 Å². The van der Waals surface area contributed by atoms with E-state index in [1.807, 2.05) is 12.1 Å². The van der Waals surface area contributed by atoms with Gasteiger partial charge in [0, 0.05) is 23.1 Å². The molecule has 0 N–H and O–H groups in total. The van der Waals surface area contributed by atoms with E-state index in [0.29, 0.717) is 21.6 Å². The van der Waals surface area contributed by atoms with Gasteiger partial charge in [0.1, 0.15) is 5.69 Å². The van der Waals surface area contributed by atoms with Crippen LogP contribution in [0.4, 0.5) is 0 Å². The van der Waals surface area contributed by atoms with E-state index >= 15 is 0 Å². The molecule has 0 aliphatic rings. The van der Waals surface area contributed by atoms with Crippen molar-refractivity contribution in [1.82, 2.24) is 9.88 Å². The Bertz CT molecular complexity index is 571. The zero-order valence-corrected chi connectivity index (χ0v) is 11.9. The summed E-state index contributed by atoms with van der Waals surface area (Å²) in [5.74, 6) is -0.165. The number of rotatable bonds is 3. The largest absolute Gasteiger partial charge is 0.335 e. The molecule has 0 spiro atoms. The molecule has 0 saturated heterocycles. The fourth-order valence-corrected chi connectivity index (χ4v) is 2.76. The lowest BCUT2D eigenvalue weighted by Crippen LogP contribution is -2.26. The van der Waals surface area contributed by atoms with E-state index in [0.717, 1.165) is 4.88 Å². The molecular formula is C12H10Cl2N2OS. The monoisotopic (exact) mass is 300 g/mol. The first-order chi connectivity index (χ1) is 8.56. The number of nitrogens with zero attached hydrogens (tertiary/aromatic N) is 2. The van der Waals surface area contributed by atoms with E-state index in [1.54, 1.807) is 24.1 Å². The summed E-state index contributed by atoms with van der Waals surface area (Å²) in [6, 6.07) is 6.92. The number of carbonyl (C=O) groups is 1. The zero-order chi connectivity index (χ0) is 13.1. The zero-order valence-electron chi connectivity index (χ0n) is 9.56. The minimum absolute atomic E-state index is 0.165. The maximum Gasteiger partial charge on any atom is 0.272 e. The normalized spacial score (nSPS) is 10.4. The molecule has 2 rings (SSSR count). The van der Waals surface area contributed by atoms with Crippen molar-refractivity contribution in [2.75, 3.05) is 7.05 Å². The average molecular weight is 301 g/mol. The smallest absolute Gasteiger partial charge is 0.272 e. The molecule has 1 amide bonds. The maximum atomic E-state index is 12.1. The number of hydrogen-bond acceptors (Lipinski definition) is 3. The van der Waals surface area contributed by atoms with Gasteiger partial charge in [-0.3, -0.25) is 9.78 Å². The Kier molecular flexibility index (Phi) is 4.22. The Morgan fingerprint density at radius 2 is 2.17 bits per heavy atom. The molecule has 3 nitrogen and oxygen atoms in total. The summed E-state index contributed by atoms with van der Waals surface area (Å²) in [7, 11) is 1.72. The number of hydrogen-bond donors (Lipinski definition) is 0. The summed E-state index contributed by atoms with van der Waals surface area (Å²) < 4.78 is 0.715. The van der Waals surface area contributed by atoms with Crippen LogP contribution in [0.2, 0.25) is 9.36 Å². The van der Waals surface area contributed by atoms with Gasteiger partial charge < -0.3 is 4.90 Å². The molecule has 0 bridgehead atoms. The van der Waals surface area contributed by atoms with Crippen molar-refractivity contribution in [2.24, 2.45) is 0 Å². The lowest BCUT2D eigenvalue weighted by atomic mass is 10.3. The van der Waals surface area contributed by atoms with Crippen LogP contribution in [0.15, 0.2) is 30.5 Å². The Balaban J connectivity index is 2.09. The second-order valence-corrected chi connectivity index (χ2v) is 5.96. The third-order valence-corrected chi connectivity index (χ3v) is 3.76. The van der Waals surface area contributed by atoms with Crippen LogP contribution in [0.1, 0.15) is 15.4 Å². The van der Waals surface area contributed by atoms with Crippen LogP contribution >= 0.6 is 34.5 Å². The van der Waals surface area contributed by atoms with Crippen LogP contribution in [0.3, 0.4) is 0 Å². The second-order valence-electron chi connectivity index (χ2n) is 3.73. The lowest BCUT2D eigenvalue weighted by Gasteiger charge is -2.15. The molecule has 18 heavy (non-hydrogen) atoms. The van der Waals surface area contributed by atoms with Crippen LogP contribution in [0.5, 0.6) is 0 Å². The summed E-state index contributed by atoms with van der Waals surface area (Å²) >= 11 is 13.1. The topological polar surface area (TPSA) is 33.2 Å². The molecule has 6 heteroatoms. The number of thiophene rings is 1. The number of amides is 1. The van der Waals surface area contributed by atoms with Crippen molar-refractivity contribution < 1.29 is 4.79 Å². The molecule has 0 unspecified atom stereocenters. The minimum atomic E-state index is -0.165. The maximum absolute atomic E-state index is 12.1. The number of aromatic nitrogens is 1. The van der Waals surface area contributed by atoms with E-state index in [9.17, 15) is 4.79 Å². The van der Waals surface area contributed by atoms with Crippen molar-refractivity contribution in [3.05, 3.63) is 50.4 Å². The van der Waals surface area contributed by atoms with Gasteiger partial charge in [0.25, 0.3) is 5.91 Å². The Morgan fingerprint density at radius 3 is 2.78 bits per heavy atom. The van der Waals surface area contributed by atoms with Crippen molar-refractivity contribution in [1.29, 1.82) is 0 Å². The number of carbonyl (C=O) groups excluding carboxylic acids is 1. The van der Waals surface area contributed by atoms with Crippen molar-refractivity contribution >= 4 is 40.4 Å². The van der Waals surface area contributed by atoms with Crippen LogP contribution in [0.25, 0.3) is 0 Å². The molecular weight excluding hydrogens is 291 g/mol. The summed E-state index contributed by atoms with van der Waals surface area (Å²) in [5, 5.41) is 0.501. The Labute approximate surface area is 119 Å². The van der Waals surface area contributed by atoms with Crippen LogP contribution in [0, 0.1) is 0 Å². The van der Waals surface area contributed by atoms with Gasteiger partial charge in [0.05, 0.1) is 10.9 Å². The SMILES string of the molecule is CN(Cc1ccc(Cl)s1)C(=O)c1cc(Cl)ccn1. The second kappa shape index (κ2) is 5.69. The highest BCUT2D eigenvalue weighted by Gasteiger charge is 2.14. The van der Waals surface area contributed by atoms with Gasteiger partial charge in [-0.2, -0.15) is 0 Å². The molecule has 2 aromatic heterocycles. The molecule has 2 heterocycles. The number of pyridine rings is 1. The quantitative estimate of drug-likeness (QED) is 0.865. The fourth-order valence-electron chi connectivity index (χ4n) is 1.46. The molecule has 0 fully saturated rings. The van der Waals surface area contributed by atoms with E-state index in [-0.39, 0.29) is 5.91 Å². The lowest BCUT2D eigenvalue weighted by molar-refractivity contribution is 0.0780. The first-order valence-corrected chi connectivity index (χ1v) is 6.75. The number of halogens is 2. The first-order valence-electron chi connectivity index (χ1n) is 5.17. The van der Waals surface area contributed by atoms with Gasteiger partial charge in [-0.1, -0.05) is 23.2 Å². The summed E-state index contributed by atoms with van der Waals surface area (Å²) in [5.41, 5.74) is 0.340. The van der Waals surface area contributed by atoms with Gasteiger partial charge in [0.2, 0.25) is 0 Å². The Morgan fingerprint density at radius 1 is 1.39 bits per heavy atom. The fraction of sp³-hybridized carbons (Fsp3) is 0.167. The first kappa shape index (κ1) is 13.3. The van der Waals surface area contributed by atoms with Crippen LogP contribution in [-0.2, 0) is 6.54 Å². The van der Waals surface area contributed by atoms with Gasteiger partial charge in [-0.25, -0.2) is 0 Å². The summed E-state index contributed by atoms with van der Waals surface area (Å²) in [6.07, 6.45) is 1.52. The Hall–Kier alpha value is -1.10. The van der Waals surface area contributed by atoms with Gasteiger partial charge in [-0.15, -0.1) is 11.3 Å². The molecule has 2 aromatic rings. The molecule has 0 radical (unpaired) electrons. The molecule has 0 saturated carbocycles. The highest BCUT2D eigenvalue weighted by molar-refractivity contribution is 7.16. The van der Waals surface area contributed by atoms with Crippen molar-refractivity contribution in [3.8, 4) is 0 Å². The van der Waals surface area contributed by atoms with Crippen LogP contribution in [-0.4, -0.2) is 22.8 Å². The summed E-state index contributed by atoms with van der Waals surface area (Å²) in [6.45, 7) is 0.504. The van der Waals surface area contributed by atoms with Crippen molar-refractivity contribution in [3.63, 3.8) is 0 Å². The van der Waals surface area contributed by atoms with E-state index in [2.05, 4.69) is 4.98 Å². The predicted octanol–water partition coefficient (Wildman–Crippen LogP) is 3.72. The van der Waals surface area contributed by atoms with E-state index in [1.165, 1.54) is 17.5 Å². The van der Waals surface area contributed by atoms with E-state index in [4.69, 9.17) is 23.2 Å². The third-order valence-electron chi connectivity index (χ3n) is 2.31. The predicted molar refractivity (Wildman–Crippen MR) is 74.4 cm³/mol. The molecule has 0 atom stereocenters. The standard InChI is InChI=1S/C12H10Cl2N2OS/c1-16(7-9-2-3-11(14)18-9)12(17)10-6-8(13)4-5-15-10/h2-6H,7H2,1H3. The van der Waals surface area contributed by atoms with E-state index < -0.39 is 0 Å². The van der Waals surface area contributed by atoms with Gasteiger partial charge in [0.15, 0.2) is 0 Å². The molecule has 0 aromatic carbocycles. The molecule has 0 aliphatic heterocycles. The highest BCUT2D eigenvalue weighted by atomic mass is 35.5. The highest BCUT2D eigenvalue weighted by Crippen LogP contribution is 2.22. The van der Waals surface area contributed by atoms with Gasteiger partial charge >= 0.3 is 0 Å². The molecule has 0 aliphatic carbocycles.